The lowest BCUT2D eigenvalue weighted by molar-refractivity contribution is 0.0732. The molecule has 0 unspecified atom stereocenters. The molecule has 0 aliphatic carbocycles. The van der Waals surface area contributed by atoms with Crippen molar-refractivity contribution in [2.45, 2.75) is 12.8 Å². The highest BCUT2D eigenvalue weighted by Gasteiger charge is 2.11. The minimum absolute atomic E-state index is 0.0664. The molecule has 0 saturated heterocycles. The monoisotopic (exact) mass is 244 g/mol. The van der Waals surface area contributed by atoms with Gasteiger partial charge in [-0.3, -0.25) is 4.79 Å². The molecule has 1 heterocycles. The summed E-state index contributed by atoms with van der Waals surface area (Å²) in [5, 5.41) is 0.938. The molecular formula is C15H16O3. The summed E-state index contributed by atoms with van der Waals surface area (Å²) in [6.45, 7) is 4.26. The van der Waals surface area contributed by atoms with Crippen LogP contribution in [0, 0.1) is 0 Å². The third-order valence-electron chi connectivity index (χ3n) is 2.63. The second-order valence-corrected chi connectivity index (χ2v) is 4.06. The van der Waals surface area contributed by atoms with Gasteiger partial charge in [0, 0.05) is 12.0 Å². The number of rotatable bonds is 7. The largest absolute Gasteiger partial charge is 0.453 e. The van der Waals surface area contributed by atoms with Gasteiger partial charge < -0.3 is 9.15 Å². The predicted octanol–water partition coefficient (Wildman–Crippen LogP) is 3.60. The molecule has 18 heavy (non-hydrogen) atoms. The molecule has 1 aromatic heterocycles. The van der Waals surface area contributed by atoms with Gasteiger partial charge in [-0.25, -0.2) is 0 Å². The number of ketones is 1. The molecule has 0 radical (unpaired) electrons. The minimum Gasteiger partial charge on any atom is -0.453 e. The van der Waals surface area contributed by atoms with Crippen LogP contribution in [-0.4, -0.2) is 19.0 Å². The highest BCUT2D eigenvalue weighted by molar-refractivity contribution is 5.98. The van der Waals surface area contributed by atoms with Gasteiger partial charge in [0.25, 0.3) is 0 Å². The number of carbonyl (C=O) groups is 1. The molecule has 1 aromatic carbocycles. The Bertz CT molecular complexity index is 506. The van der Waals surface area contributed by atoms with Crippen molar-refractivity contribution in [3.63, 3.8) is 0 Å². The van der Waals surface area contributed by atoms with E-state index in [4.69, 9.17) is 9.15 Å². The number of allylic oxidation sites excluding steroid dienone is 1. The van der Waals surface area contributed by atoms with Crippen LogP contribution in [-0.2, 0) is 4.74 Å². The van der Waals surface area contributed by atoms with Gasteiger partial charge in [0.1, 0.15) is 12.2 Å². The maximum absolute atomic E-state index is 11.8. The fourth-order valence-electron chi connectivity index (χ4n) is 1.69. The Balaban J connectivity index is 1.90. The molecule has 94 valence electrons. The zero-order valence-electron chi connectivity index (χ0n) is 10.2. The van der Waals surface area contributed by atoms with E-state index < -0.39 is 0 Å². The number of hydrogen-bond acceptors (Lipinski definition) is 3. The number of benzene rings is 1. The lowest BCUT2D eigenvalue weighted by Crippen LogP contribution is -2.08. The van der Waals surface area contributed by atoms with Crippen molar-refractivity contribution in [1.29, 1.82) is 0 Å². The molecule has 2 aromatic rings. The van der Waals surface area contributed by atoms with Crippen LogP contribution < -0.4 is 0 Å². The first-order valence-electron chi connectivity index (χ1n) is 6.01. The number of carbonyl (C=O) groups excluding carboxylic acids is 1. The summed E-state index contributed by atoms with van der Waals surface area (Å²) in [6, 6.07) is 9.31. The smallest absolute Gasteiger partial charge is 0.223 e. The van der Waals surface area contributed by atoms with Crippen molar-refractivity contribution in [1.82, 2.24) is 0 Å². The summed E-state index contributed by atoms with van der Waals surface area (Å²) in [5.74, 6) is 0.240. The van der Waals surface area contributed by atoms with Crippen LogP contribution in [0.3, 0.4) is 0 Å². The van der Waals surface area contributed by atoms with Crippen molar-refractivity contribution >= 4 is 16.8 Å². The predicted molar refractivity (Wildman–Crippen MR) is 70.8 cm³/mol. The topological polar surface area (TPSA) is 39.4 Å². The molecule has 0 spiro atoms. The van der Waals surface area contributed by atoms with Crippen LogP contribution in [0.5, 0.6) is 0 Å². The van der Waals surface area contributed by atoms with Gasteiger partial charge in [0.05, 0.1) is 0 Å². The fraction of sp³-hybridized carbons (Fsp3) is 0.267. The number of fused-ring (bicyclic) bond motifs is 1. The molecule has 2 rings (SSSR count). The molecule has 0 amide bonds. The van der Waals surface area contributed by atoms with Crippen LogP contribution in [0.15, 0.2) is 47.4 Å². The number of Topliss-reactive ketones (excluding diaryl/α,β-unsaturated/α-hetero) is 1. The molecule has 0 aliphatic heterocycles. The first-order valence-corrected chi connectivity index (χ1v) is 6.01. The molecule has 0 saturated carbocycles. The van der Waals surface area contributed by atoms with Crippen molar-refractivity contribution in [2.75, 3.05) is 13.2 Å². The van der Waals surface area contributed by atoms with E-state index >= 15 is 0 Å². The van der Waals surface area contributed by atoms with Crippen molar-refractivity contribution in [3.8, 4) is 0 Å². The van der Waals surface area contributed by atoms with Gasteiger partial charge in [0.2, 0.25) is 5.78 Å². The Morgan fingerprint density at radius 3 is 3.00 bits per heavy atom. The summed E-state index contributed by atoms with van der Waals surface area (Å²) >= 11 is 0. The Kier molecular flexibility index (Phi) is 4.31. The summed E-state index contributed by atoms with van der Waals surface area (Å²) in [7, 11) is 0. The van der Waals surface area contributed by atoms with Gasteiger partial charge in [-0.15, -0.1) is 6.58 Å². The summed E-state index contributed by atoms with van der Waals surface area (Å²) in [6.07, 6.45) is 3.63. The molecule has 0 N–H and O–H groups in total. The zero-order chi connectivity index (χ0) is 12.8. The van der Waals surface area contributed by atoms with Crippen LogP contribution >= 0.6 is 0 Å². The highest BCUT2D eigenvalue weighted by Crippen LogP contribution is 2.19. The van der Waals surface area contributed by atoms with Crippen LogP contribution in [0.2, 0.25) is 0 Å². The maximum atomic E-state index is 11.8. The standard InChI is InChI=1S/C15H16O3/c1-2-3-6-9-17-11-13(16)15-10-12-7-4-5-8-14(12)18-15/h2,4-5,7-8,10H,1,3,6,9,11H2. The van der Waals surface area contributed by atoms with Crippen LogP contribution in [0.4, 0.5) is 0 Å². The Morgan fingerprint density at radius 1 is 1.39 bits per heavy atom. The van der Waals surface area contributed by atoms with Gasteiger partial charge >= 0.3 is 0 Å². The molecule has 3 nitrogen and oxygen atoms in total. The number of hydrogen-bond donors (Lipinski definition) is 0. The number of para-hydroxylation sites is 1. The van der Waals surface area contributed by atoms with E-state index in [0.717, 1.165) is 23.8 Å². The SMILES string of the molecule is C=CCCCOCC(=O)c1cc2ccccc2o1. The van der Waals surface area contributed by atoms with Gasteiger partial charge in [-0.1, -0.05) is 24.3 Å². The van der Waals surface area contributed by atoms with E-state index in [1.807, 2.05) is 30.3 Å². The quantitative estimate of drug-likeness (QED) is 0.424. The van der Waals surface area contributed by atoms with Crippen LogP contribution in [0.25, 0.3) is 11.0 Å². The van der Waals surface area contributed by atoms with Crippen LogP contribution in [0.1, 0.15) is 23.4 Å². The van der Waals surface area contributed by atoms with E-state index in [0.29, 0.717) is 12.4 Å². The van der Waals surface area contributed by atoms with E-state index in [2.05, 4.69) is 6.58 Å². The Labute approximate surface area is 106 Å². The second-order valence-electron chi connectivity index (χ2n) is 4.06. The average Bonchev–Trinajstić information content (AvgIpc) is 2.82. The summed E-state index contributed by atoms with van der Waals surface area (Å²) < 4.78 is 10.8. The molecule has 0 bridgehead atoms. The van der Waals surface area contributed by atoms with Crippen molar-refractivity contribution in [3.05, 3.63) is 48.7 Å². The lowest BCUT2D eigenvalue weighted by Gasteiger charge is -2.00. The molecule has 0 atom stereocenters. The van der Waals surface area contributed by atoms with Gasteiger partial charge in [-0.2, -0.15) is 0 Å². The average molecular weight is 244 g/mol. The van der Waals surface area contributed by atoms with E-state index in [1.165, 1.54) is 0 Å². The van der Waals surface area contributed by atoms with E-state index in [1.54, 1.807) is 6.07 Å². The first-order chi connectivity index (χ1) is 8.81. The fourth-order valence-corrected chi connectivity index (χ4v) is 1.69. The van der Waals surface area contributed by atoms with E-state index in [9.17, 15) is 4.79 Å². The molecule has 3 heteroatoms. The number of furan rings is 1. The second kappa shape index (κ2) is 6.17. The maximum Gasteiger partial charge on any atom is 0.223 e. The number of ether oxygens (including phenoxy) is 1. The molecule has 0 fully saturated rings. The molecule has 0 aliphatic rings. The van der Waals surface area contributed by atoms with Gasteiger partial charge in [0.15, 0.2) is 5.76 Å². The Morgan fingerprint density at radius 2 is 2.22 bits per heavy atom. The normalized spacial score (nSPS) is 10.7. The third kappa shape index (κ3) is 3.08. The van der Waals surface area contributed by atoms with E-state index in [-0.39, 0.29) is 12.4 Å². The zero-order valence-corrected chi connectivity index (χ0v) is 10.2. The van der Waals surface area contributed by atoms with Gasteiger partial charge in [-0.05, 0) is 25.0 Å². The first kappa shape index (κ1) is 12.6. The third-order valence-corrected chi connectivity index (χ3v) is 2.63. The number of unbranched alkanes of at least 4 members (excludes halogenated alkanes) is 1. The lowest BCUT2D eigenvalue weighted by atomic mass is 10.2. The minimum atomic E-state index is -0.121. The van der Waals surface area contributed by atoms with Crippen molar-refractivity contribution in [2.24, 2.45) is 0 Å². The Hall–Kier alpha value is -1.87. The molecular weight excluding hydrogens is 228 g/mol. The summed E-state index contributed by atoms with van der Waals surface area (Å²) in [5.41, 5.74) is 0.729. The summed E-state index contributed by atoms with van der Waals surface area (Å²) in [4.78, 5) is 11.8. The highest BCUT2D eigenvalue weighted by atomic mass is 16.5. The van der Waals surface area contributed by atoms with Crippen molar-refractivity contribution < 1.29 is 13.9 Å².